The average Bonchev–Trinajstić information content (AvgIpc) is 2.57. The molecule has 7 heteroatoms. The molecule has 0 bridgehead atoms. The summed E-state index contributed by atoms with van der Waals surface area (Å²) in [6.45, 7) is 2.21. The fourth-order valence-electron chi connectivity index (χ4n) is 2.35. The number of nitrogens with two attached hydrogens (primary N) is 1. The van der Waals surface area contributed by atoms with Crippen molar-refractivity contribution in [2.75, 3.05) is 7.11 Å². The van der Waals surface area contributed by atoms with E-state index >= 15 is 0 Å². The van der Waals surface area contributed by atoms with E-state index in [1.165, 1.54) is 45.6 Å². The predicted molar refractivity (Wildman–Crippen MR) is 97.9 cm³/mol. The van der Waals surface area contributed by atoms with Crippen molar-refractivity contribution < 1.29 is 23.9 Å². The van der Waals surface area contributed by atoms with Crippen LogP contribution in [0.15, 0.2) is 0 Å². The van der Waals surface area contributed by atoms with E-state index in [2.05, 4.69) is 11.7 Å². The van der Waals surface area contributed by atoms with Crippen LogP contribution in [0.1, 0.15) is 84.0 Å². The molecule has 141 valence electrons. The molecule has 0 aliphatic carbocycles. The molecule has 2 N–H and O–H groups in total. The molecule has 1 radical (unpaired) electrons. The standard InChI is InChI=1S/C18H33NO5.Na/c1-3-4-5-6-7-8-9-10-11-12-16(20)24-17(21)14-13-15(19)18(22)23-2;/h15H,3-14,19H2,1-2H3;/t15-;/m0./s1. The summed E-state index contributed by atoms with van der Waals surface area (Å²) in [6.07, 6.45) is 10.7. The third-order valence-corrected chi connectivity index (χ3v) is 3.88. The Morgan fingerprint density at radius 1 is 0.840 bits per heavy atom. The maximum atomic E-state index is 11.5. The van der Waals surface area contributed by atoms with Gasteiger partial charge in [-0.2, -0.15) is 0 Å². The molecule has 0 saturated heterocycles. The molecular formula is C18H33NNaO5. The van der Waals surface area contributed by atoms with Crippen molar-refractivity contribution in [3.8, 4) is 0 Å². The number of esters is 3. The first-order chi connectivity index (χ1) is 11.5. The van der Waals surface area contributed by atoms with Gasteiger partial charge in [-0.05, 0) is 12.8 Å². The smallest absolute Gasteiger partial charge is 0.322 e. The maximum Gasteiger partial charge on any atom is 0.322 e. The van der Waals surface area contributed by atoms with E-state index in [0.717, 1.165) is 19.3 Å². The molecule has 0 fully saturated rings. The first-order valence-corrected chi connectivity index (χ1v) is 9.08. The Bertz CT molecular complexity index is 376. The summed E-state index contributed by atoms with van der Waals surface area (Å²) >= 11 is 0. The molecule has 0 aromatic rings. The van der Waals surface area contributed by atoms with Gasteiger partial charge in [-0.15, -0.1) is 0 Å². The Morgan fingerprint density at radius 3 is 1.84 bits per heavy atom. The topological polar surface area (TPSA) is 95.7 Å². The van der Waals surface area contributed by atoms with Crippen molar-refractivity contribution in [1.82, 2.24) is 0 Å². The van der Waals surface area contributed by atoms with Crippen LogP contribution in [0.2, 0.25) is 0 Å². The second-order valence-electron chi connectivity index (χ2n) is 6.09. The van der Waals surface area contributed by atoms with Crippen molar-refractivity contribution in [3.63, 3.8) is 0 Å². The van der Waals surface area contributed by atoms with Gasteiger partial charge >= 0.3 is 17.9 Å². The molecule has 0 aliphatic rings. The fraction of sp³-hybridized carbons (Fsp3) is 0.833. The zero-order valence-corrected chi connectivity index (χ0v) is 18.2. The molecule has 6 nitrogen and oxygen atoms in total. The zero-order valence-electron chi connectivity index (χ0n) is 16.2. The molecule has 0 aliphatic heterocycles. The van der Waals surface area contributed by atoms with Crippen molar-refractivity contribution in [2.45, 2.75) is 90.0 Å². The normalized spacial score (nSPS) is 11.3. The third-order valence-electron chi connectivity index (χ3n) is 3.88. The molecule has 0 spiro atoms. The number of unbranched alkanes of at least 4 members (excludes halogenated alkanes) is 8. The SMILES string of the molecule is CCCCCCCCCCCC(=O)OC(=O)CC[C@H](N)C(=O)OC.[Na]. The number of ether oxygens (including phenoxy) is 2. The fourth-order valence-corrected chi connectivity index (χ4v) is 2.35. The molecular weight excluding hydrogens is 333 g/mol. The number of carbonyl (C=O) groups is 3. The van der Waals surface area contributed by atoms with Crippen molar-refractivity contribution in [3.05, 3.63) is 0 Å². The first kappa shape index (κ1) is 26.8. The summed E-state index contributed by atoms with van der Waals surface area (Å²) in [5.74, 6) is -1.73. The van der Waals surface area contributed by atoms with Crippen LogP contribution in [-0.4, -0.2) is 60.6 Å². The van der Waals surface area contributed by atoms with E-state index in [4.69, 9.17) is 10.5 Å². The number of rotatable bonds is 14. The van der Waals surface area contributed by atoms with Gasteiger partial charge in [0.2, 0.25) is 0 Å². The van der Waals surface area contributed by atoms with Crippen LogP contribution < -0.4 is 5.73 Å². The predicted octanol–water partition coefficient (Wildman–Crippen LogP) is 2.88. The molecule has 0 unspecified atom stereocenters. The summed E-state index contributed by atoms with van der Waals surface area (Å²) in [4.78, 5) is 34.1. The van der Waals surface area contributed by atoms with Crippen LogP contribution >= 0.6 is 0 Å². The Kier molecular flexibility index (Phi) is 19.7. The van der Waals surface area contributed by atoms with E-state index in [1.54, 1.807) is 0 Å². The Balaban J connectivity index is 0. The van der Waals surface area contributed by atoms with Crippen LogP contribution in [0.3, 0.4) is 0 Å². The summed E-state index contributed by atoms with van der Waals surface area (Å²) in [7, 11) is 1.23. The molecule has 25 heavy (non-hydrogen) atoms. The van der Waals surface area contributed by atoms with E-state index in [0.29, 0.717) is 0 Å². The van der Waals surface area contributed by atoms with Gasteiger partial charge in [0.25, 0.3) is 0 Å². The molecule has 0 aromatic carbocycles. The van der Waals surface area contributed by atoms with Crippen LogP contribution in [0.4, 0.5) is 0 Å². The van der Waals surface area contributed by atoms with Crippen LogP contribution in [0.25, 0.3) is 0 Å². The zero-order chi connectivity index (χ0) is 18.2. The van der Waals surface area contributed by atoms with Crippen LogP contribution in [0.5, 0.6) is 0 Å². The Labute approximate surface area is 173 Å². The largest absolute Gasteiger partial charge is 0.468 e. The van der Waals surface area contributed by atoms with E-state index in [1.807, 2.05) is 0 Å². The molecule has 0 amide bonds. The second kappa shape index (κ2) is 18.4. The van der Waals surface area contributed by atoms with E-state index in [-0.39, 0.29) is 48.8 Å². The van der Waals surface area contributed by atoms with Crippen LogP contribution in [0, 0.1) is 0 Å². The van der Waals surface area contributed by atoms with Gasteiger partial charge in [0.15, 0.2) is 0 Å². The number of hydrogen-bond donors (Lipinski definition) is 1. The van der Waals surface area contributed by atoms with Crippen molar-refractivity contribution >= 4 is 47.5 Å². The molecule has 0 aromatic heterocycles. The first-order valence-electron chi connectivity index (χ1n) is 9.08. The summed E-state index contributed by atoms with van der Waals surface area (Å²) in [5, 5.41) is 0. The molecule has 0 rings (SSSR count). The quantitative estimate of drug-likeness (QED) is 0.220. The van der Waals surface area contributed by atoms with Gasteiger partial charge in [-0.25, -0.2) is 0 Å². The van der Waals surface area contributed by atoms with E-state index < -0.39 is 23.9 Å². The second-order valence-corrected chi connectivity index (χ2v) is 6.09. The average molecular weight is 366 g/mol. The maximum absolute atomic E-state index is 11.5. The van der Waals surface area contributed by atoms with Gasteiger partial charge in [0, 0.05) is 42.4 Å². The molecule has 0 saturated carbocycles. The number of carbonyl (C=O) groups excluding carboxylic acids is 3. The van der Waals surface area contributed by atoms with Gasteiger partial charge < -0.3 is 15.2 Å². The van der Waals surface area contributed by atoms with Gasteiger partial charge in [-0.1, -0.05) is 58.3 Å². The summed E-state index contributed by atoms with van der Waals surface area (Å²) < 4.78 is 9.16. The third kappa shape index (κ3) is 16.8. The van der Waals surface area contributed by atoms with Gasteiger partial charge in [0.05, 0.1) is 7.11 Å². The monoisotopic (exact) mass is 366 g/mol. The minimum absolute atomic E-state index is 0. The number of hydrogen-bond acceptors (Lipinski definition) is 6. The van der Waals surface area contributed by atoms with Gasteiger partial charge in [-0.3, -0.25) is 14.4 Å². The number of methoxy groups -OCH3 is 1. The summed E-state index contributed by atoms with van der Waals surface area (Å²) in [6, 6.07) is -0.866. The summed E-state index contributed by atoms with van der Waals surface area (Å²) in [5.41, 5.74) is 5.50. The van der Waals surface area contributed by atoms with Gasteiger partial charge in [0.1, 0.15) is 6.04 Å². The Morgan fingerprint density at radius 2 is 1.32 bits per heavy atom. The van der Waals surface area contributed by atoms with Crippen LogP contribution in [-0.2, 0) is 23.9 Å². The minimum Gasteiger partial charge on any atom is -0.468 e. The Hall–Kier alpha value is -0.430. The molecule has 1 atom stereocenters. The minimum atomic E-state index is -0.866. The van der Waals surface area contributed by atoms with E-state index in [9.17, 15) is 14.4 Å². The molecule has 0 heterocycles. The van der Waals surface area contributed by atoms with Crippen molar-refractivity contribution in [2.24, 2.45) is 5.73 Å². The van der Waals surface area contributed by atoms with Crippen molar-refractivity contribution in [1.29, 1.82) is 0 Å².